The lowest BCUT2D eigenvalue weighted by Crippen LogP contribution is -2.29. The number of anilines is 1. The van der Waals surface area contributed by atoms with Gasteiger partial charge in [-0.15, -0.1) is 0 Å². The molecule has 16 heavy (non-hydrogen) atoms. The van der Waals surface area contributed by atoms with Gasteiger partial charge in [-0.1, -0.05) is 24.9 Å². The molecule has 90 valence electrons. The second-order valence-corrected chi connectivity index (χ2v) is 3.73. The van der Waals surface area contributed by atoms with Crippen LogP contribution < -0.4 is 10.9 Å². The van der Waals surface area contributed by atoms with Crippen molar-refractivity contribution in [3.8, 4) is 0 Å². The number of rotatable bonds is 5. The molecule has 1 N–H and O–H groups in total. The van der Waals surface area contributed by atoms with Gasteiger partial charge in [0, 0.05) is 14.2 Å². The van der Waals surface area contributed by atoms with Crippen LogP contribution in [0.3, 0.4) is 0 Å². The molecule has 5 nitrogen and oxygen atoms in total. The molecule has 0 spiro atoms. The molecule has 0 saturated carbocycles. The largest absolute Gasteiger partial charge is 0.385 e. The molecular formula is C10H16ClN3O2. The van der Waals surface area contributed by atoms with Gasteiger partial charge in [-0.3, -0.25) is 4.79 Å². The van der Waals surface area contributed by atoms with E-state index in [0.717, 1.165) is 12.8 Å². The van der Waals surface area contributed by atoms with Crippen LogP contribution >= 0.6 is 11.6 Å². The van der Waals surface area contributed by atoms with Gasteiger partial charge in [0.25, 0.3) is 5.56 Å². The van der Waals surface area contributed by atoms with E-state index in [0.29, 0.717) is 5.69 Å². The zero-order valence-electron chi connectivity index (χ0n) is 9.66. The van der Waals surface area contributed by atoms with Crippen molar-refractivity contribution < 1.29 is 4.74 Å². The highest BCUT2D eigenvalue weighted by molar-refractivity contribution is 6.32. The standard InChI is InChI=1S/C10H16ClN3O2/c1-4-5-8(16-3)14-10(15)9(11)7(12-2)6-13-14/h6,8,12H,4-5H2,1-3H3. The lowest BCUT2D eigenvalue weighted by atomic mass is 10.3. The maximum absolute atomic E-state index is 11.9. The van der Waals surface area contributed by atoms with Gasteiger partial charge >= 0.3 is 0 Å². The fourth-order valence-corrected chi connectivity index (χ4v) is 1.64. The number of nitrogens with one attached hydrogen (secondary N) is 1. The Balaban J connectivity index is 3.15. The third-order valence-electron chi connectivity index (χ3n) is 2.29. The second kappa shape index (κ2) is 5.86. The summed E-state index contributed by atoms with van der Waals surface area (Å²) in [7, 11) is 3.24. The molecular weight excluding hydrogens is 230 g/mol. The number of nitrogens with zero attached hydrogens (tertiary/aromatic N) is 2. The second-order valence-electron chi connectivity index (χ2n) is 3.35. The summed E-state index contributed by atoms with van der Waals surface area (Å²) in [6.45, 7) is 2.01. The molecule has 0 aliphatic heterocycles. The fraction of sp³-hybridized carbons (Fsp3) is 0.600. The molecule has 1 aromatic rings. The van der Waals surface area contributed by atoms with E-state index in [2.05, 4.69) is 10.4 Å². The molecule has 0 radical (unpaired) electrons. The van der Waals surface area contributed by atoms with E-state index in [1.807, 2.05) is 6.92 Å². The third-order valence-corrected chi connectivity index (χ3v) is 2.66. The van der Waals surface area contributed by atoms with Gasteiger partial charge in [-0.25, -0.2) is 0 Å². The van der Waals surface area contributed by atoms with Crippen LogP contribution in [0, 0.1) is 0 Å². The Labute approximate surface area is 99.4 Å². The van der Waals surface area contributed by atoms with Crippen molar-refractivity contribution in [3.05, 3.63) is 21.6 Å². The Morgan fingerprint density at radius 1 is 1.69 bits per heavy atom. The van der Waals surface area contributed by atoms with Crippen LogP contribution in [0.25, 0.3) is 0 Å². The average Bonchev–Trinajstić information content (AvgIpc) is 2.30. The predicted octanol–water partition coefficient (Wildman–Crippen LogP) is 1.88. The van der Waals surface area contributed by atoms with Crippen LogP contribution in [-0.4, -0.2) is 23.9 Å². The van der Waals surface area contributed by atoms with Gasteiger partial charge in [0.05, 0.1) is 11.9 Å². The molecule has 1 atom stereocenters. The highest BCUT2D eigenvalue weighted by atomic mass is 35.5. The maximum Gasteiger partial charge on any atom is 0.290 e. The summed E-state index contributed by atoms with van der Waals surface area (Å²) in [6, 6.07) is 0. The van der Waals surface area contributed by atoms with E-state index >= 15 is 0 Å². The number of ether oxygens (including phenoxy) is 1. The minimum atomic E-state index is -0.360. The monoisotopic (exact) mass is 245 g/mol. The fourth-order valence-electron chi connectivity index (χ4n) is 1.41. The van der Waals surface area contributed by atoms with E-state index in [9.17, 15) is 4.79 Å². The molecule has 6 heteroatoms. The molecule has 1 rings (SSSR count). The van der Waals surface area contributed by atoms with Gasteiger partial charge in [-0.2, -0.15) is 9.78 Å². The van der Waals surface area contributed by atoms with Gasteiger partial charge < -0.3 is 10.1 Å². The molecule has 0 aliphatic rings. The quantitative estimate of drug-likeness (QED) is 0.861. The number of hydrogen-bond acceptors (Lipinski definition) is 4. The number of halogens is 1. The molecule has 0 bridgehead atoms. The minimum Gasteiger partial charge on any atom is -0.385 e. The molecule has 0 saturated heterocycles. The molecule has 1 unspecified atom stereocenters. The van der Waals surface area contributed by atoms with Crippen molar-refractivity contribution in [1.29, 1.82) is 0 Å². The first-order valence-electron chi connectivity index (χ1n) is 5.13. The number of methoxy groups -OCH3 is 1. The molecule has 0 aliphatic carbocycles. The zero-order valence-corrected chi connectivity index (χ0v) is 10.4. The Hall–Kier alpha value is -1.07. The van der Waals surface area contributed by atoms with Gasteiger partial charge in [0.2, 0.25) is 0 Å². The average molecular weight is 246 g/mol. The lowest BCUT2D eigenvalue weighted by Gasteiger charge is -2.16. The first-order valence-corrected chi connectivity index (χ1v) is 5.51. The molecule has 1 aromatic heterocycles. The molecule has 0 amide bonds. The number of hydrogen-bond donors (Lipinski definition) is 1. The predicted molar refractivity (Wildman–Crippen MR) is 64.0 cm³/mol. The van der Waals surface area contributed by atoms with Crippen molar-refractivity contribution in [1.82, 2.24) is 9.78 Å². The van der Waals surface area contributed by atoms with Crippen LogP contribution in [-0.2, 0) is 4.74 Å². The van der Waals surface area contributed by atoms with E-state index < -0.39 is 0 Å². The van der Waals surface area contributed by atoms with Crippen LogP contribution in [0.2, 0.25) is 5.02 Å². The Bertz CT molecular complexity index is 406. The molecule has 0 aromatic carbocycles. The van der Waals surface area contributed by atoms with Crippen molar-refractivity contribution in [2.45, 2.75) is 26.0 Å². The topological polar surface area (TPSA) is 56.1 Å². The van der Waals surface area contributed by atoms with E-state index in [4.69, 9.17) is 16.3 Å². The first-order chi connectivity index (χ1) is 7.65. The number of aromatic nitrogens is 2. The van der Waals surface area contributed by atoms with Crippen molar-refractivity contribution in [2.75, 3.05) is 19.5 Å². The Morgan fingerprint density at radius 3 is 2.88 bits per heavy atom. The first kappa shape index (κ1) is 13.0. The summed E-state index contributed by atoms with van der Waals surface area (Å²) in [5, 5.41) is 6.97. The lowest BCUT2D eigenvalue weighted by molar-refractivity contribution is 0.0224. The van der Waals surface area contributed by atoms with Crippen LogP contribution in [0.4, 0.5) is 5.69 Å². The van der Waals surface area contributed by atoms with Gasteiger partial charge in [0.1, 0.15) is 5.02 Å². The van der Waals surface area contributed by atoms with E-state index in [-0.39, 0.29) is 16.8 Å². The summed E-state index contributed by atoms with van der Waals surface area (Å²) < 4.78 is 6.48. The highest BCUT2D eigenvalue weighted by Crippen LogP contribution is 2.17. The third kappa shape index (κ3) is 2.54. The van der Waals surface area contributed by atoms with Gasteiger partial charge in [-0.05, 0) is 6.42 Å². The Kier molecular flexibility index (Phi) is 4.76. The van der Waals surface area contributed by atoms with Crippen molar-refractivity contribution in [2.24, 2.45) is 0 Å². The summed E-state index contributed by atoms with van der Waals surface area (Å²) in [5.74, 6) is 0. The SMILES string of the molecule is CCCC(OC)n1ncc(NC)c(Cl)c1=O. The summed E-state index contributed by atoms with van der Waals surface area (Å²) >= 11 is 5.91. The van der Waals surface area contributed by atoms with Crippen LogP contribution in [0.1, 0.15) is 26.0 Å². The highest BCUT2D eigenvalue weighted by Gasteiger charge is 2.15. The van der Waals surface area contributed by atoms with Gasteiger partial charge in [0.15, 0.2) is 6.23 Å². The smallest absolute Gasteiger partial charge is 0.290 e. The zero-order chi connectivity index (χ0) is 12.1. The van der Waals surface area contributed by atoms with E-state index in [1.165, 1.54) is 10.9 Å². The minimum absolute atomic E-state index is 0.135. The van der Waals surface area contributed by atoms with Crippen molar-refractivity contribution in [3.63, 3.8) is 0 Å². The normalized spacial score (nSPS) is 12.5. The molecule has 1 heterocycles. The molecule has 0 fully saturated rings. The van der Waals surface area contributed by atoms with E-state index in [1.54, 1.807) is 14.2 Å². The van der Waals surface area contributed by atoms with Crippen LogP contribution in [0.5, 0.6) is 0 Å². The summed E-state index contributed by atoms with van der Waals surface area (Å²) in [5.41, 5.74) is 0.183. The summed E-state index contributed by atoms with van der Waals surface area (Å²) in [6.07, 6.45) is 2.78. The Morgan fingerprint density at radius 2 is 2.38 bits per heavy atom. The summed E-state index contributed by atoms with van der Waals surface area (Å²) in [4.78, 5) is 11.9. The maximum atomic E-state index is 11.9. The van der Waals surface area contributed by atoms with Crippen molar-refractivity contribution >= 4 is 17.3 Å². The van der Waals surface area contributed by atoms with Crippen LogP contribution in [0.15, 0.2) is 11.0 Å².